The zero-order valence-corrected chi connectivity index (χ0v) is 7.10. The number of carbonyl (C=O) groups excluding carboxylic acids is 2. The minimum Gasteiger partial charge on any atom is -0.345 e. The summed E-state index contributed by atoms with van der Waals surface area (Å²) >= 11 is 0. The van der Waals surface area contributed by atoms with Gasteiger partial charge in [0.2, 0.25) is 5.91 Å². The van der Waals surface area contributed by atoms with Crippen molar-refractivity contribution >= 4 is 11.7 Å². The number of Topliss-reactive ketones (excluding diaryl/α,β-unsaturated/α-hetero) is 1. The number of hydrogen-bond donors (Lipinski definition) is 2. The fourth-order valence-corrected chi connectivity index (χ4v) is 0.555. The van der Waals surface area contributed by atoms with Crippen LogP contribution in [0.1, 0.15) is 13.8 Å². The maximum atomic E-state index is 10.8. The monoisotopic (exact) mass is 158 g/mol. The van der Waals surface area contributed by atoms with Crippen molar-refractivity contribution in [1.82, 2.24) is 10.6 Å². The molecule has 0 aromatic heterocycles. The second-order valence-corrected chi connectivity index (χ2v) is 2.43. The summed E-state index contributed by atoms with van der Waals surface area (Å²) in [5.74, 6) is -0.190. The predicted octanol–water partition coefficient (Wildman–Crippen LogP) is -0.701. The highest BCUT2D eigenvalue weighted by molar-refractivity contribution is 5.87. The van der Waals surface area contributed by atoms with Crippen molar-refractivity contribution in [3.8, 4) is 0 Å². The van der Waals surface area contributed by atoms with Gasteiger partial charge in [-0.25, -0.2) is 0 Å². The molecule has 0 rings (SSSR count). The van der Waals surface area contributed by atoms with E-state index in [9.17, 15) is 9.59 Å². The summed E-state index contributed by atoms with van der Waals surface area (Å²) in [6.45, 7) is 3.36. The van der Waals surface area contributed by atoms with E-state index in [4.69, 9.17) is 0 Å². The van der Waals surface area contributed by atoms with Crippen LogP contribution in [0.15, 0.2) is 0 Å². The Hall–Kier alpha value is -0.900. The van der Waals surface area contributed by atoms with Gasteiger partial charge in [-0.2, -0.15) is 0 Å². The molecule has 2 N–H and O–H groups in total. The van der Waals surface area contributed by atoms with Crippen molar-refractivity contribution in [3.63, 3.8) is 0 Å². The SMILES string of the molecule is CNCC(=O)N[C@H](C)C(C)=O. The number of nitrogens with one attached hydrogen (secondary N) is 2. The maximum absolute atomic E-state index is 10.8. The zero-order valence-electron chi connectivity index (χ0n) is 7.10. The summed E-state index contributed by atoms with van der Waals surface area (Å²) in [6.07, 6.45) is 0. The van der Waals surface area contributed by atoms with Crippen LogP contribution in [-0.4, -0.2) is 31.3 Å². The third-order valence-corrected chi connectivity index (χ3v) is 1.32. The molecule has 0 unspecified atom stereocenters. The Morgan fingerprint density at radius 2 is 2.00 bits per heavy atom. The van der Waals surface area contributed by atoms with Gasteiger partial charge in [-0.1, -0.05) is 0 Å². The normalized spacial score (nSPS) is 12.3. The van der Waals surface area contributed by atoms with Gasteiger partial charge < -0.3 is 10.6 Å². The van der Waals surface area contributed by atoms with Crippen molar-refractivity contribution < 1.29 is 9.59 Å². The molecule has 1 atom stereocenters. The summed E-state index contributed by atoms with van der Waals surface area (Å²) in [4.78, 5) is 21.5. The van der Waals surface area contributed by atoms with Gasteiger partial charge in [0.05, 0.1) is 12.6 Å². The molecule has 0 aromatic rings. The van der Waals surface area contributed by atoms with Crippen LogP contribution in [0.25, 0.3) is 0 Å². The van der Waals surface area contributed by atoms with E-state index in [1.165, 1.54) is 6.92 Å². The topological polar surface area (TPSA) is 58.2 Å². The molecule has 0 spiro atoms. The molecule has 0 heterocycles. The lowest BCUT2D eigenvalue weighted by atomic mass is 10.2. The number of rotatable bonds is 4. The first-order chi connectivity index (χ1) is 5.07. The molecule has 4 nitrogen and oxygen atoms in total. The number of ketones is 1. The van der Waals surface area contributed by atoms with Crippen LogP contribution in [0.3, 0.4) is 0 Å². The molecule has 0 fully saturated rings. The first-order valence-corrected chi connectivity index (χ1v) is 3.52. The minimum atomic E-state index is -0.379. The van der Waals surface area contributed by atoms with Crippen molar-refractivity contribution in [2.75, 3.05) is 13.6 Å². The van der Waals surface area contributed by atoms with Crippen LogP contribution in [-0.2, 0) is 9.59 Å². The Balaban J connectivity index is 3.66. The lowest BCUT2D eigenvalue weighted by Gasteiger charge is -2.09. The van der Waals surface area contributed by atoms with Gasteiger partial charge >= 0.3 is 0 Å². The molecule has 0 bridgehead atoms. The fourth-order valence-electron chi connectivity index (χ4n) is 0.555. The Labute approximate surface area is 66.4 Å². The van der Waals surface area contributed by atoms with Crippen molar-refractivity contribution in [3.05, 3.63) is 0 Å². The zero-order chi connectivity index (χ0) is 8.85. The number of amides is 1. The van der Waals surface area contributed by atoms with E-state index in [2.05, 4.69) is 10.6 Å². The Morgan fingerprint density at radius 3 is 2.36 bits per heavy atom. The molecule has 0 aliphatic carbocycles. The standard InChI is InChI=1S/C7H14N2O2/c1-5(6(2)10)9-7(11)4-8-3/h5,8H,4H2,1-3H3,(H,9,11)/t5-/m1/s1. The summed E-state index contributed by atoms with van der Waals surface area (Å²) in [5.41, 5.74) is 0. The van der Waals surface area contributed by atoms with Gasteiger partial charge in [0.25, 0.3) is 0 Å². The molecular weight excluding hydrogens is 144 g/mol. The largest absolute Gasteiger partial charge is 0.345 e. The van der Waals surface area contributed by atoms with Gasteiger partial charge in [0.1, 0.15) is 0 Å². The second-order valence-electron chi connectivity index (χ2n) is 2.43. The molecule has 4 heteroatoms. The highest BCUT2D eigenvalue weighted by Gasteiger charge is 2.09. The lowest BCUT2D eigenvalue weighted by molar-refractivity contribution is -0.125. The molecule has 0 radical (unpaired) electrons. The highest BCUT2D eigenvalue weighted by atomic mass is 16.2. The molecule has 0 saturated carbocycles. The summed E-state index contributed by atoms with van der Waals surface area (Å²) in [6, 6.07) is -0.379. The van der Waals surface area contributed by atoms with Crippen LogP contribution in [0, 0.1) is 0 Å². The van der Waals surface area contributed by atoms with Crippen molar-refractivity contribution in [2.45, 2.75) is 19.9 Å². The van der Waals surface area contributed by atoms with Crippen LogP contribution in [0.4, 0.5) is 0 Å². The number of carbonyl (C=O) groups is 2. The van der Waals surface area contributed by atoms with Crippen LogP contribution in [0.2, 0.25) is 0 Å². The van der Waals surface area contributed by atoms with Gasteiger partial charge in [-0.15, -0.1) is 0 Å². The molecule has 1 amide bonds. The first kappa shape index (κ1) is 10.1. The van der Waals surface area contributed by atoms with E-state index in [0.717, 1.165) is 0 Å². The average molecular weight is 158 g/mol. The van der Waals surface area contributed by atoms with Gasteiger partial charge in [-0.05, 0) is 20.9 Å². The fraction of sp³-hybridized carbons (Fsp3) is 0.714. The molecule has 0 aliphatic heterocycles. The number of likely N-dealkylation sites (N-methyl/N-ethyl adjacent to an activating group) is 1. The van der Waals surface area contributed by atoms with Gasteiger partial charge in [0.15, 0.2) is 5.78 Å². The van der Waals surface area contributed by atoms with Gasteiger partial charge in [-0.3, -0.25) is 9.59 Å². The van der Waals surface area contributed by atoms with E-state index in [1.54, 1.807) is 14.0 Å². The molecular formula is C7H14N2O2. The Kier molecular flexibility index (Phi) is 4.45. The summed E-state index contributed by atoms with van der Waals surface area (Å²) in [7, 11) is 1.68. The summed E-state index contributed by atoms with van der Waals surface area (Å²) < 4.78 is 0. The van der Waals surface area contributed by atoms with Crippen LogP contribution < -0.4 is 10.6 Å². The maximum Gasteiger partial charge on any atom is 0.234 e. The second kappa shape index (κ2) is 4.85. The Bertz CT molecular complexity index is 157. The van der Waals surface area contributed by atoms with Crippen LogP contribution >= 0.6 is 0 Å². The van der Waals surface area contributed by atoms with E-state index in [0.29, 0.717) is 0 Å². The van der Waals surface area contributed by atoms with Gasteiger partial charge in [0, 0.05) is 0 Å². The smallest absolute Gasteiger partial charge is 0.234 e. The minimum absolute atomic E-state index is 0.0329. The molecule has 11 heavy (non-hydrogen) atoms. The van der Waals surface area contributed by atoms with Crippen molar-refractivity contribution in [2.24, 2.45) is 0 Å². The first-order valence-electron chi connectivity index (χ1n) is 3.52. The molecule has 0 aliphatic rings. The number of hydrogen-bond acceptors (Lipinski definition) is 3. The highest BCUT2D eigenvalue weighted by Crippen LogP contribution is 1.81. The van der Waals surface area contributed by atoms with E-state index >= 15 is 0 Å². The molecule has 0 aromatic carbocycles. The third-order valence-electron chi connectivity index (χ3n) is 1.32. The average Bonchev–Trinajstić information content (AvgIpc) is 1.87. The third kappa shape index (κ3) is 4.50. The van der Waals surface area contributed by atoms with E-state index in [-0.39, 0.29) is 24.3 Å². The predicted molar refractivity (Wildman–Crippen MR) is 42.2 cm³/mol. The summed E-state index contributed by atoms with van der Waals surface area (Å²) in [5, 5.41) is 5.22. The Morgan fingerprint density at radius 1 is 1.45 bits per heavy atom. The van der Waals surface area contributed by atoms with Crippen LogP contribution in [0.5, 0.6) is 0 Å². The van der Waals surface area contributed by atoms with E-state index < -0.39 is 0 Å². The lowest BCUT2D eigenvalue weighted by Crippen LogP contribution is -2.41. The molecule has 0 saturated heterocycles. The quantitative estimate of drug-likeness (QED) is 0.568. The van der Waals surface area contributed by atoms with E-state index in [1.807, 2.05) is 0 Å². The van der Waals surface area contributed by atoms with Crippen molar-refractivity contribution in [1.29, 1.82) is 0 Å². The molecule has 64 valence electrons.